The Hall–Kier alpha value is -2.67. The van der Waals surface area contributed by atoms with Crippen LogP contribution in [-0.4, -0.2) is 53.1 Å². The number of fused-ring (bicyclic) bond motifs is 2. The molecular weight excluding hydrogens is 356 g/mol. The monoisotopic (exact) mass is 382 g/mol. The molecule has 1 saturated heterocycles. The van der Waals surface area contributed by atoms with Crippen molar-refractivity contribution in [1.29, 1.82) is 0 Å². The summed E-state index contributed by atoms with van der Waals surface area (Å²) in [5, 5.41) is 9.06. The van der Waals surface area contributed by atoms with E-state index in [0.717, 1.165) is 62.1 Å². The fourth-order valence-electron chi connectivity index (χ4n) is 4.62. The number of anilines is 1. The number of piperidine rings is 1. The fourth-order valence-corrected chi connectivity index (χ4v) is 4.62. The van der Waals surface area contributed by atoms with Crippen molar-refractivity contribution >= 4 is 11.9 Å². The minimum absolute atomic E-state index is 0.00745. The van der Waals surface area contributed by atoms with Gasteiger partial charge in [-0.3, -0.25) is 14.7 Å². The average molecular weight is 382 g/mol. The summed E-state index contributed by atoms with van der Waals surface area (Å²) in [6, 6.07) is 7.10. The summed E-state index contributed by atoms with van der Waals surface area (Å²) in [5.74, 6) is -0.287. The highest BCUT2D eigenvalue weighted by Crippen LogP contribution is 2.43. The van der Waals surface area contributed by atoms with E-state index >= 15 is 0 Å². The van der Waals surface area contributed by atoms with Crippen LogP contribution in [0.25, 0.3) is 0 Å². The molecule has 0 saturated carbocycles. The minimum Gasteiger partial charge on any atom is -0.478 e. The van der Waals surface area contributed by atoms with Gasteiger partial charge in [0.25, 0.3) is 5.56 Å². The van der Waals surface area contributed by atoms with Gasteiger partial charge in [-0.1, -0.05) is 12.1 Å². The summed E-state index contributed by atoms with van der Waals surface area (Å²) in [7, 11) is 3.78. The van der Waals surface area contributed by atoms with Crippen LogP contribution in [0.2, 0.25) is 0 Å². The van der Waals surface area contributed by atoms with Crippen LogP contribution in [0.5, 0.6) is 0 Å². The summed E-state index contributed by atoms with van der Waals surface area (Å²) in [6.07, 6.45) is 3.87. The second-order valence-corrected chi connectivity index (χ2v) is 8.21. The molecule has 2 heterocycles. The fraction of sp³-hybridized carbons (Fsp3) is 0.476. The number of carbonyl (C=O) groups is 1. The third kappa shape index (κ3) is 3.30. The molecule has 2 aromatic rings. The maximum atomic E-state index is 12.5. The molecule has 1 unspecified atom stereocenters. The molecule has 148 valence electrons. The van der Waals surface area contributed by atoms with Gasteiger partial charge in [0, 0.05) is 38.2 Å². The van der Waals surface area contributed by atoms with Gasteiger partial charge in [0.15, 0.2) is 0 Å². The predicted molar refractivity (Wildman–Crippen MR) is 107 cm³/mol. The molecule has 7 nitrogen and oxygen atoms in total. The second kappa shape index (κ2) is 7.05. The van der Waals surface area contributed by atoms with Crippen molar-refractivity contribution in [3.05, 3.63) is 57.0 Å². The molecule has 1 aromatic heterocycles. The summed E-state index contributed by atoms with van der Waals surface area (Å²) >= 11 is 0. The van der Waals surface area contributed by atoms with E-state index in [9.17, 15) is 9.59 Å². The van der Waals surface area contributed by atoms with Gasteiger partial charge in [-0.15, -0.1) is 0 Å². The topological polar surface area (TPSA) is 89.5 Å². The largest absolute Gasteiger partial charge is 0.478 e. The lowest BCUT2D eigenvalue weighted by Crippen LogP contribution is -2.45. The van der Waals surface area contributed by atoms with Crippen molar-refractivity contribution in [2.24, 2.45) is 0 Å². The highest BCUT2D eigenvalue weighted by molar-refractivity contribution is 5.87. The predicted octanol–water partition coefficient (Wildman–Crippen LogP) is 2.01. The number of nitrogens with zero attached hydrogens (tertiary/aromatic N) is 3. The number of carboxylic acid groups (broad SMARTS) is 1. The quantitative estimate of drug-likeness (QED) is 0.841. The molecular formula is C21H26N4O3. The lowest BCUT2D eigenvalue weighted by atomic mass is 9.77. The maximum absolute atomic E-state index is 12.5. The number of rotatable bonds is 4. The van der Waals surface area contributed by atoms with E-state index in [1.165, 1.54) is 0 Å². The van der Waals surface area contributed by atoms with Gasteiger partial charge in [0.2, 0.25) is 5.95 Å². The average Bonchev–Trinajstić information content (AvgIpc) is 3.00. The zero-order chi connectivity index (χ0) is 19.9. The normalized spacial score (nSPS) is 21.6. The van der Waals surface area contributed by atoms with Crippen LogP contribution in [0.4, 0.5) is 5.95 Å². The van der Waals surface area contributed by atoms with Gasteiger partial charge in [-0.05, 0) is 49.9 Å². The van der Waals surface area contributed by atoms with Crippen LogP contribution >= 0.6 is 0 Å². The molecule has 1 aliphatic heterocycles. The molecule has 0 radical (unpaired) electrons. The van der Waals surface area contributed by atoms with E-state index in [-0.39, 0.29) is 11.0 Å². The molecule has 0 bridgehead atoms. The Morgan fingerprint density at radius 1 is 1.29 bits per heavy atom. The Morgan fingerprint density at radius 3 is 2.71 bits per heavy atom. The van der Waals surface area contributed by atoms with Gasteiger partial charge < -0.3 is 10.0 Å². The van der Waals surface area contributed by atoms with Gasteiger partial charge >= 0.3 is 5.97 Å². The number of aromatic carboxylic acids is 1. The van der Waals surface area contributed by atoms with E-state index in [0.29, 0.717) is 11.5 Å². The Bertz CT molecular complexity index is 951. The van der Waals surface area contributed by atoms with Crippen molar-refractivity contribution in [2.75, 3.05) is 32.1 Å². The van der Waals surface area contributed by atoms with Crippen LogP contribution in [0.1, 0.15) is 46.4 Å². The highest BCUT2D eigenvalue weighted by atomic mass is 16.4. The van der Waals surface area contributed by atoms with Crippen molar-refractivity contribution in [3.63, 3.8) is 0 Å². The molecule has 1 aromatic carbocycles. The van der Waals surface area contributed by atoms with Crippen molar-refractivity contribution in [3.8, 4) is 0 Å². The standard InChI is InChI=1S/C21H26N4O3/c1-24(2)20-22-17-16(18(26)23-20)8-10-21(17)9-3-11-25(13-21)12-14-4-6-15(7-5-14)19(27)28/h4-7H,3,8-13H2,1-2H3,(H,27,28)(H,22,23,26). The lowest BCUT2D eigenvalue weighted by Gasteiger charge is -2.40. The minimum atomic E-state index is -0.904. The number of benzene rings is 1. The first-order valence-corrected chi connectivity index (χ1v) is 9.73. The second-order valence-electron chi connectivity index (χ2n) is 8.21. The molecule has 7 heteroatoms. The summed E-state index contributed by atoms with van der Waals surface area (Å²) in [4.78, 5) is 35.6. The first-order chi connectivity index (χ1) is 13.4. The van der Waals surface area contributed by atoms with Crippen LogP contribution < -0.4 is 10.5 Å². The van der Waals surface area contributed by atoms with Crippen molar-refractivity contribution in [1.82, 2.24) is 14.9 Å². The number of H-pyrrole nitrogens is 1. The van der Waals surface area contributed by atoms with E-state index in [1.807, 2.05) is 31.1 Å². The molecule has 28 heavy (non-hydrogen) atoms. The third-order valence-corrected chi connectivity index (χ3v) is 6.05. The molecule has 1 atom stereocenters. The first-order valence-electron chi connectivity index (χ1n) is 9.73. The van der Waals surface area contributed by atoms with Crippen molar-refractivity contribution < 1.29 is 9.90 Å². The molecule has 1 aliphatic carbocycles. The number of aromatic nitrogens is 2. The molecule has 4 rings (SSSR count). The zero-order valence-electron chi connectivity index (χ0n) is 16.4. The van der Waals surface area contributed by atoms with Gasteiger partial charge in [0.1, 0.15) is 0 Å². The van der Waals surface area contributed by atoms with Crippen LogP contribution in [-0.2, 0) is 18.4 Å². The van der Waals surface area contributed by atoms with E-state index in [2.05, 4.69) is 9.88 Å². The molecule has 1 fully saturated rings. The smallest absolute Gasteiger partial charge is 0.335 e. The number of likely N-dealkylation sites (tertiary alicyclic amines) is 1. The molecule has 0 amide bonds. The summed E-state index contributed by atoms with van der Waals surface area (Å²) in [6.45, 7) is 2.66. The number of nitrogens with one attached hydrogen (secondary N) is 1. The van der Waals surface area contributed by atoms with Crippen molar-refractivity contribution in [2.45, 2.75) is 37.6 Å². The van der Waals surface area contributed by atoms with Crippen LogP contribution in [0.3, 0.4) is 0 Å². The van der Waals surface area contributed by atoms with Gasteiger partial charge in [-0.25, -0.2) is 9.78 Å². The number of hydrogen-bond donors (Lipinski definition) is 2. The van der Waals surface area contributed by atoms with Crippen LogP contribution in [0, 0.1) is 0 Å². The first kappa shape index (κ1) is 18.7. The molecule has 2 N–H and O–H groups in total. The van der Waals surface area contributed by atoms with Gasteiger partial charge in [-0.2, -0.15) is 0 Å². The van der Waals surface area contributed by atoms with E-state index in [4.69, 9.17) is 10.1 Å². The molecule has 1 spiro atoms. The number of aromatic amines is 1. The molecule has 2 aliphatic rings. The SMILES string of the molecule is CN(C)c1nc2c(c(=O)[nH]1)CCC21CCCN(Cc2ccc(C(=O)O)cc2)C1. The van der Waals surface area contributed by atoms with Crippen LogP contribution in [0.15, 0.2) is 29.1 Å². The third-order valence-electron chi connectivity index (χ3n) is 6.05. The highest BCUT2D eigenvalue weighted by Gasteiger charge is 2.44. The Balaban J connectivity index is 1.58. The van der Waals surface area contributed by atoms with E-state index in [1.54, 1.807) is 12.1 Å². The number of hydrogen-bond acceptors (Lipinski definition) is 5. The Morgan fingerprint density at radius 2 is 2.04 bits per heavy atom. The summed E-state index contributed by atoms with van der Waals surface area (Å²) < 4.78 is 0. The Labute approximate surface area is 164 Å². The zero-order valence-corrected chi connectivity index (χ0v) is 16.4. The number of carboxylic acids is 1. The maximum Gasteiger partial charge on any atom is 0.335 e. The Kier molecular flexibility index (Phi) is 4.71. The summed E-state index contributed by atoms with van der Waals surface area (Å²) in [5.41, 5.74) is 3.17. The van der Waals surface area contributed by atoms with Gasteiger partial charge in [0.05, 0.1) is 11.3 Å². The van der Waals surface area contributed by atoms with E-state index < -0.39 is 5.97 Å². The lowest BCUT2D eigenvalue weighted by molar-refractivity contribution is 0.0697.